The molecule has 0 spiro atoms. The van der Waals surface area contributed by atoms with E-state index in [9.17, 15) is 4.79 Å². The van der Waals surface area contributed by atoms with Gasteiger partial charge in [-0.05, 0) is 24.6 Å². The molecule has 21 heavy (non-hydrogen) atoms. The predicted molar refractivity (Wildman–Crippen MR) is 83.0 cm³/mol. The molecule has 0 aliphatic heterocycles. The summed E-state index contributed by atoms with van der Waals surface area (Å²) in [6.07, 6.45) is 1.72. The second-order valence-corrected chi connectivity index (χ2v) is 4.97. The zero-order chi connectivity index (χ0) is 15.4. The molecule has 0 atom stereocenters. The minimum atomic E-state index is -1.02. The normalized spacial score (nSPS) is 10.4. The fourth-order valence-electron chi connectivity index (χ4n) is 1.98. The van der Waals surface area contributed by atoms with Gasteiger partial charge in [-0.3, -0.25) is 4.68 Å². The molecular weight excluding hydrogens is 268 g/mol. The van der Waals surface area contributed by atoms with Crippen molar-refractivity contribution in [2.24, 2.45) is 0 Å². The molecule has 1 aromatic carbocycles. The second kappa shape index (κ2) is 6.30. The van der Waals surface area contributed by atoms with Crippen molar-refractivity contribution in [2.75, 3.05) is 24.3 Å². The highest BCUT2D eigenvalue weighted by Crippen LogP contribution is 2.17. The minimum Gasteiger partial charge on any atom is -0.476 e. The van der Waals surface area contributed by atoms with Gasteiger partial charge in [-0.25, -0.2) is 4.79 Å². The average Bonchev–Trinajstić information content (AvgIpc) is 2.89. The van der Waals surface area contributed by atoms with Gasteiger partial charge in [0, 0.05) is 39.1 Å². The van der Waals surface area contributed by atoms with E-state index in [1.54, 1.807) is 10.9 Å². The van der Waals surface area contributed by atoms with Crippen LogP contribution in [0.5, 0.6) is 0 Å². The number of aromatic nitrogens is 2. The van der Waals surface area contributed by atoms with Crippen LogP contribution in [0.3, 0.4) is 0 Å². The molecule has 0 aliphatic rings. The quantitative estimate of drug-likeness (QED) is 0.853. The van der Waals surface area contributed by atoms with Gasteiger partial charge < -0.3 is 15.3 Å². The van der Waals surface area contributed by atoms with Crippen molar-refractivity contribution in [3.8, 4) is 0 Å². The molecule has 0 saturated carbocycles. The third kappa shape index (κ3) is 3.53. The number of benzene rings is 1. The molecule has 6 nitrogen and oxygen atoms in total. The molecule has 0 unspecified atom stereocenters. The van der Waals surface area contributed by atoms with Gasteiger partial charge in [0.1, 0.15) is 0 Å². The number of anilines is 2. The number of carboxylic acids is 1. The van der Waals surface area contributed by atoms with Crippen molar-refractivity contribution in [3.63, 3.8) is 0 Å². The van der Waals surface area contributed by atoms with Gasteiger partial charge in [-0.1, -0.05) is 12.1 Å². The SMILES string of the molecule is CCn1cc(NCc2ccc(N(C)C)cc2)c(C(=O)O)n1. The molecule has 6 heteroatoms. The standard InChI is InChI=1S/C15H20N4O2/c1-4-19-10-13(14(17-19)15(20)21)16-9-11-5-7-12(8-6-11)18(2)3/h5-8,10,16H,4,9H2,1-3H3,(H,20,21). The fourth-order valence-corrected chi connectivity index (χ4v) is 1.98. The smallest absolute Gasteiger partial charge is 0.358 e. The number of hydrogen-bond donors (Lipinski definition) is 2. The van der Waals surface area contributed by atoms with Crippen LogP contribution in [0.25, 0.3) is 0 Å². The van der Waals surface area contributed by atoms with Crippen LogP contribution in [-0.4, -0.2) is 35.0 Å². The summed E-state index contributed by atoms with van der Waals surface area (Å²) in [6, 6.07) is 8.11. The zero-order valence-electron chi connectivity index (χ0n) is 12.5. The van der Waals surface area contributed by atoms with E-state index in [4.69, 9.17) is 5.11 Å². The van der Waals surface area contributed by atoms with E-state index >= 15 is 0 Å². The van der Waals surface area contributed by atoms with Crippen molar-refractivity contribution >= 4 is 17.3 Å². The van der Waals surface area contributed by atoms with Crippen LogP contribution < -0.4 is 10.2 Å². The fraction of sp³-hybridized carbons (Fsp3) is 0.333. The van der Waals surface area contributed by atoms with Crippen molar-refractivity contribution in [1.82, 2.24) is 9.78 Å². The summed E-state index contributed by atoms with van der Waals surface area (Å²) >= 11 is 0. The number of aryl methyl sites for hydroxylation is 1. The summed E-state index contributed by atoms with van der Waals surface area (Å²) in [7, 11) is 3.98. The summed E-state index contributed by atoms with van der Waals surface area (Å²) in [4.78, 5) is 13.2. The number of carbonyl (C=O) groups is 1. The van der Waals surface area contributed by atoms with Crippen LogP contribution in [0.2, 0.25) is 0 Å². The summed E-state index contributed by atoms with van der Waals surface area (Å²) in [5, 5.41) is 16.3. The van der Waals surface area contributed by atoms with Gasteiger partial charge in [-0.15, -0.1) is 0 Å². The van der Waals surface area contributed by atoms with Crippen LogP contribution in [-0.2, 0) is 13.1 Å². The number of carboxylic acid groups (broad SMARTS) is 1. The Morgan fingerprint density at radius 2 is 2.00 bits per heavy atom. The lowest BCUT2D eigenvalue weighted by Crippen LogP contribution is -2.09. The maximum Gasteiger partial charge on any atom is 0.358 e. The van der Waals surface area contributed by atoms with Gasteiger partial charge in [0.2, 0.25) is 0 Å². The lowest BCUT2D eigenvalue weighted by Gasteiger charge is -2.13. The third-order valence-electron chi connectivity index (χ3n) is 3.22. The molecule has 2 rings (SSSR count). The second-order valence-electron chi connectivity index (χ2n) is 4.97. The molecule has 2 N–H and O–H groups in total. The topological polar surface area (TPSA) is 70.4 Å². The monoisotopic (exact) mass is 288 g/mol. The van der Waals surface area contributed by atoms with E-state index in [1.165, 1.54) is 0 Å². The third-order valence-corrected chi connectivity index (χ3v) is 3.22. The summed E-state index contributed by atoms with van der Waals surface area (Å²) < 4.78 is 1.61. The van der Waals surface area contributed by atoms with E-state index in [0.29, 0.717) is 18.8 Å². The highest BCUT2D eigenvalue weighted by atomic mass is 16.4. The molecule has 0 fully saturated rings. The van der Waals surface area contributed by atoms with Crippen LogP contribution in [0.15, 0.2) is 30.5 Å². The summed E-state index contributed by atoms with van der Waals surface area (Å²) in [5.41, 5.74) is 2.81. The number of nitrogens with zero attached hydrogens (tertiary/aromatic N) is 3. The van der Waals surface area contributed by atoms with E-state index in [0.717, 1.165) is 11.3 Å². The van der Waals surface area contributed by atoms with Gasteiger partial charge in [0.25, 0.3) is 0 Å². The molecule has 0 radical (unpaired) electrons. The van der Waals surface area contributed by atoms with E-state index in [-0.39, 0.29) is 5.69 Å². The van der Waals surface area contributed by atoms with Gasteiger partial charge in [0.15, 0.2) is 5.69 Å². The Bertz CT molecular complexity index is 617. The molecular formula is C15H20N4O2. The Labute approximate surface area is 124 Å². The van der Waals surface area contributed by atoms with Crippen molar-refractivity contribution < 1.29 is 9.90 Å². The van der Waals surface area contributed by atoms with Crippen LogP contribution in [0.1, 0.15) is 23.0 Å². The van der Waals surface area contributed by atoms with Crippen molar-refractivity contribution in [2.45, 2.75) is 20.0 Å². The molecule has 0 saturated heterocycles. The molecule has 0 amide bonds. The molecule has 1 aromatic heterocycles. The Morgan fingerprint density at radius 1 is 1.33 bits per heavy atom. The zero-order valence-corrected chi connectivity index (χ0v) is 12.5. The van der Waals surface area contributed by atoms with Gasteiger partial charge in [-0.2, -0.15) is 5.10 Å². The van der Waals surface area contributed by atoms with Crippen LogP contribution in [0.4, 0.5) is 11.4 Å². The molecule has 1 heterocycles. The first-order chi connectivity index (χ1) is 10.0. The number of hydrogen-bond acceptors (Lipinski definition) is 4. The number of aromatic carboxylic acids is 1. The molecule has 112 valence electrons. The summed E-state index contributed by atoms with van der Waals surface area (Å²) in [5.74, 6) is -1.02. The largest absolute Gasteiger partial charge is 0.476 e. The number of rotatable bonds is 6. The van der Waals surface area contributed by atoms with Crippen molar-refractivity contribution in [3.05, 3.63) is 41.7 Å². The maximum absolute atomic E-state index is 11.2. The van der Waals surface area contributed by atoms with Crippen LogP contribution >= 0.6 is 0 Å². The first-order valence-electron chi connectivity index (χ1n) is 6.82. The van der Waals surface area contributed by atoms with Gasteiger partial charge >= 0.3 is 5.97 Å². The van der Waals surface area contributed by atoms with Crippen LogP contribution in [0, 0.1) is 0 Å². The summed E-state index contributed by atoms with van der Waals surface area (Å²) in [6.45, 7) is 3.12. The highest BCUT2D eigenvalue weighted by Gasteiger charge is 2.15. The first kappa shape index (κ1) is 14.9. The lowest BCUT2D eigenvalue weighted by atomic mass is 10.2. The minimum absolute atomic E-state index is 0.0572. The molecule has 2 aromatic rings. The van der Waals surface area contributed by atoms with E-state index < -0.39 is 5.97 Å². The Kier molecular flexibility index (Phi) is 4.47. The lowest BCUT2D eigenvalue weighted by molar-refractivity contribution is 0.0690. The van der Waals surface area contributed by atoms with E-state index in [2.05, 4.69) is 10.4 Å². The Hall–Kier alpha value is -2.50. The Balaban J connectivity index is 2.08. The highest BCUT2D eigenvalue weighted by molar-refractivity contribution is 5.91. The van der Waals surface area contributed by atoms with Gasteiger partial charge in [0.05, 0.1) is 5.69 Å². The molecule has 0 aliphatic carbocycles. The number of nitrogens with one attached hydrogen (secondary N) is 1. The predicted octanol–water partition coefficient (Wildman–Crippen LogP) is 2.28. The molecule has 0 bridgehead atoms. The van der Waals surface area contributed by atoms with Crippen molar-refractivity contribution in [1.29, 1.82) is 0 Å². The average molecular weight is 288 g/mol. The Morgan fingerprint density at radius 3 is 2.52 bits per heavy atom. The first-order valence-corrected chi connectivity index (χ1v) is 6.82. The maximum atomic E-state index is 11.2. The van der Waals surface area contributed by atoms with E-state index in [1.807, 2.05) is 50.2 Å².